The Hall–Kier alpha value is -0.530. The first-order valence-electron chi connectivity index (χ1n) is 7.00. The summed E-state index contributed by atoms with van der Waals surface area (Å²) in [6.07, 6.45) is 3.86. The van der Waals surface area contributed by atoms with Gasteiger partial charge in [-0.1, -0.05) is 50.4 Å². The van der Waals surface area contributed by atoms with Crippen molar-refractivity contribution in [2.24, 2.45) is 5.92 Å². The quantitative estimate of drug-likeness (QED) is 0.715. The topological polar surface area (TPSA) is 12.0 Å². The van der Waals surface area contributed by atoms with Gasteiger partial charge in [-0.2, -0.15) is 0 Å². The van der Waals surface area contributed by atoms with Crippen LogP contribution in [0.3, 0.4) is 0 Å². The van der Waals surface area contributed by atoms with Crippen molar-refractivity contribution in [3.63, 3.8) is 0 Å². The molecule has 0 bridgehead atoms. The molecule has 18 heavy (non-hydrogen) atoms. The first kappa shape index (κ1) is 15.5. The van der Waals surface area contributed by atoms with Crippen LogP contribution in [0.5, 0.6) is 0 Å². The van der Waals surface area contributed by atoms with Gasteiger partial charge in [0.1, 0.15) is 0 Å². The van der Waals surface area contributed by atoms with E-state index < -0.39 is 0 Å². The van der Waals surface area contributed by atoms with Crippen LogP contribution in [0.25, 0.3) is 0 Å². The molecule has 2 atom stereocenters. The molecule has 0 amide bonds. The van der Waals surface area contributed by atoms with Gasteiger partial charge in [0.05, 0.1) is 0 Å². The molecule has 1 aromatic carbocycles. The van der Waals surface area contributed by atoms with Gasteiger partial charge in [-0.15, -0.1) is 0 Å². The minimum Gasteiger partial charge on any atom is -0.308 e. The zero-order valence-corrected chi connectivity index (χ0v) is 12.8. The summed E-state index contributed by atoms with van der Waals surface area (Å²) in [7, 11) is 0. The average molecular weight is 268 g/mol. The summed E-state index contributed by atoms with van der Waals surface area (Å²) >= 11 is 6.02. The first-order valence-corrected chi connectivity index (χ1v) is 7.38. The van der Waals surface area contributed by atoms with Crippen LogP contribution in [0.15, 0.2) is 24.3 Å². The molecule has 0 heterocycles. The van der Waals surface area contributed by atoms with Crippen molar-refractivity contribution in [3.8, 4) is 0 Å². The molecule has 0 fully saturated rings. The Morgan fingerprint density at radius 1 is 1.11 bits per heavy atom. The molecule has 2 heteroatoms. The lowest BCUT2D eigenvalue weighted by Crippen LogP contribution is -2.28. The van der Waals surface area contributed by atoms with E-state index in [1.165, 1.54) is 24.8 Å². The molecule has 2 unspecified atom stereocenters. The molecule has 1 aromatic rings. The van der Waals surface area contributed by atoms with E-state index in [1.807, 2.05) is 18.2 Å². The number of rotatable bonds is 7. The summed E-state index contributed by atoms with van der Waals surface area (Å²) in [5.41, 5.74) is 1.26. The fourth-order valence-electron chi connectivity index (χ4n) is 2.21. The molecule has 0 aliphatic heterocycles. The Kier molecular flexibility index (Phi) is 6.73. The van der Waals surface area contributed by atoms with Crippen molar-refractivity contribution in [1.82, 2.24) is 5.32 Å². The highest BCUT2D eigenvalue weighted by atomic mass is 35.5. The van der Waals surface area contributed by atoms with Crippen molar-refractivity contribution < 1.29 is 0 Å². The van der Waals surface area contributed by atoms with Crippen molar-refractivity contribution in [1.29, 1.82) is 0 Å². The van der Waals surface area contributed by atoms with Gasteiger partial charge in [0, 0.05) is 17.1 Å². The molecule has 0 spiro atoms. The van der Waals surface area contributed by atoms with E-state index in [1.54, 1.807) is 0 Å². The SMILES string of the molecule is CC(C)CCCC(C)NC(C)c1cccc(Cl)c1. The van der Waals surface area contributed by atoms with Gasteiger partial charge >= 0.3 is 0 Å². The molecule has 0 aromatic heterocycles. The third-order valence-corrected chi connectivity index (χ3v) is 3.54. The molecule has 0 saturated heterocycles. The summed E-state index contributed by atoms with van der Waals surface area (Å²) in [6, 6.07) is 9.02. The van der Waals surface area contributed by atoms with Crippen molar-refractivity contribution >= 4 is 11.6 Å². The highest BCUT2D eigenvalue weighted by Crippen LogP contribution is 2.18. The molecule has 0 aliphatic carbocycles. The number of benzene rings is 1. The van der Waals surface area contributed by atoms with Crippen LogP contribution in [0, 0.1) is 5.92 Å². The van der Waals surface area contributed by atoms with Gasteiger partial charge in [0.2, 0.25) is 0 Å². The zero-order valence-electron chi connectivity index (χ0n) is 12.0. The van der Waals surface area contributed by atoms with Crippen LogP contribution in [0.2, 0.25) is 5.02 Å². The fourth-order valence-corrected chi connectivity index (χ4v) is 2.41. The monoisotopic (exact) mass is 267 g/mol. The van der Waals surface area contributed by atoms with Gasteiger partial charge < -0.3 is 5.32 Å². The van der Waals surface area contributed by atoms with E-state index in [-0.39, 0.29) is 0 Å². The maximum Gasteiger partial charge on any atom is 0.0409 e. The molecule has 0 aliphatic rings. The second-order valence-electron chi connectivity index (χ2n) is 5.67. The molecular formula is C16H26ClN. The predicted molar refractivity (Wildman–Crippen MR) is 81.2 cm³/mol. The van der Waals surface area contributed by atoms with Crippen molar-refractivity contribution in [2.45, 2.75) is 59.0 Å². The van der Waals surface area contributed by atoms with Crippen LogP contribution in [0.1, 0.15) is 58.6 Å². The summed E-state index contributed by atoms with van der Waals surface area (Å²) in [4.78, 5) is 0. The molecule has 1 N–H and O–H groups in total. The Labute approximate surface area is 117 Å². The number of halogens is 1. The summed E-state index contributed by atoms with van der Waals surface area (Å²) in [5, 5.41) is 4.45. The second kappa shape index (κ2) is 7.81. The van der Waals surface area contributed by atoms with Gasteiger partial charge in [0.15, 0.2) is 0 Å². The molecule has 1 nitrogen and oxygen atoms in total. The van der Waals surface area contributed by atoms with E-state index in [0.29, 0.717) is 12.1 Å². The number of nitrogens with one attached hydrogen (secondary N) is 1. The maximum absolute atomic E-state index is 6.02. The second-order valence-corrected chi connectivity index (χ2v) is 6.11. The lowest BCUT2D eigenvalue weighted by Gasteiger charge is -2.21. The van der Waals surface area contributed by atoms with Gasteiger partial charge in [-0.3, -0.25) is 0 Å². The smallest absolute Gasteiger partial charge is 0.0409 e. The highest BCUT2D eigenvalue weighted by Gasteiger charge is 2.09. The lowest BCUT2D eigenvalue weighted by molar-refractivity contribution is 0.424. The first-order chi connectivity index (χ1) is 8.49. The van der Waals surface area contributed by atoms with E-state index in [0.717, 1.165) is 10.9 Å². The van der Waals surface area contributed by atoms with Crippen LogP contribution in [0.4, 0.5) is 0 Å². The van der Waals surface area contributed by atoms with Gasteiger partial charge in [0.25, 0.3) is 0 Å². The molecule has 0 radical (unpaired) electrons. The maximum atomic E-state index is 6.02. The normalized spacial score (nSPS) is 14.8. The van der Waals surface area contributed by atoms with Gasteiger partial charge in [-0.25, -0.2) is 0 Å². The standard InChI is InChI=1S/C16H26ClN/c1-12(2)7-5-8-13(3)18-14(4)15-9-6-10-16(17)11-15/h6,9-14,18H,5,7-8H2,1-4H3. The van der Waals surface area contributed by atoms with Crippen molar-refractivity contribution in [2.75, 3.05) is 0 Å². The Bertz CT molecular complexity index is 349. The highest BCUT2D eigenvalue weighted by molar-refractivity contribution is 6.30. The average Bonchev–Trinajstić information content (AvgIpc) is 2.28. The van der Waals surface area contributed by atoms with E-state index >= 15 is 0 Å². The predicted octanol–water partition coefficient (Wildman–Crippen LogP) is 5.21. The van der Waals surface area contributed by atoms with Gasteiger partial charge in [-0.05, 0) is 43.9 Å². The van der Waals surface area contributed by atoms with E-state index in [2.05, 4.69) is 39.1 Å². The molecular weight excluding hydrogens is 242 g/mol. The summed E-state index contributed by atoms with van der Waals surface area (Å²) in [5.74, 6) is 0.808. The van der Waals surface area contributed by atoms with Crippen LogP contribution in [-0.4, -0.2) is 6.04 Å². The van der Waals surface area contributed by atoms with Crippen LogP contribution < -0.4 is 5.32 Å². The number of hydrogen-bond acceptors (Lipinski definition) is 1. The molecule has 1 rings (SSSR count). The third-order valence-electron chi connectivity index (χ3n) is 3.30. The van der Waals surface area contributed by atoms with E-state index in [4.69, 9.17) is 11.6 Å². The van der Waals surface area contributed by atoms with Crippen LogP contribution in [-0.2, 0) is 0 Å². The summed E-state index contributed by atoms with van der Waals surface area (Å²) < 4.78 is 0. The number of hydrogen-bond donors (Lipinski definition) is 1. The Morgan fingerprint density at radius 2 is 1.83 bits per heavy atom. The Morgan fingerprint density at radius 3 is 2.44 bits per heavy atom. The van der Waals surface area contributed by atoms with Crippen LogP contribution >= 0.6 is 11.6 Å². The van der Waals surface area contributed by atoms with Crippen molar-refractivity contribution in [3.05, 3.63) is 34.9 Å². The van der Waals surface area contributed by atoms with E-state index in [9.17, 15) is 0 Å². The lowest BCUT2D eigenvalue weighted by atomic mass is 10.0. The third kappa shape index (κ3) is 5.88. The molecule has 0 saturated carbocycles. The largest absolute Gasteiger partial charge is 0.308 e. The minimum absolute atomic E-state index is 0.359. The summed E-state index contributed by atoms with van der Waals surface area (Å²) in [6.45, 7) is 9.03. The Balaban J connectivity index is 2.37. The molecule has 102 valence electrons. The zero-order chi connectivity index (χ0) is 13.5. The minimum atomic E-state index is 0.359. The fraction of sp³-hybridized carbons (Fsp3) is 0.625.